The van der Waals surface area contributed by atoms with Gasteiger partial charge in [0.25, 0.3) is 5.89 Å². The fraction of sp³-hybridized carbons (Fsp3) is 0.529. The normalized spacial score (nSPS) is 26.8. The number of hydrogen-bond acceptors (Lipinski definition) is 5. The van der Waals surface area contributed by atoms with E-state index in [4.69, 9.17) is 20.8 Å². The van der Waals surface area contributed by atoms with Gasteiger partial charge >= 0.3 is 5.76 Å². The maximum atomic E-state index is 12.4. The lowest BCUT2D eigenvalue weighted by atomic mass is 10.0. The molecule has 2 saturated heterocycles. The second-order valence-electron chi connectivity index (χ2n) is 6.92. The molecule has 0 radical (unpaired) electrons. The van der Waals surface area contributed by atoms with Crippen LogP contribution in [0, 0.1) is 0 Å². The van der Waals surface area contributed by atoms with E-state index in [0.717, 1.165) is 30.6 Å². The van der Waals surface area contributed by atoms with Gasteiger partial charge in [0.15, 0.2) is 0 Å². The van der Waals surface area contributed by atoms with Crippen molar-refractivity contribution in [1.29, 1.82) is 0 Å². The molecule has 5 rings (SSSR count). The van der Waals surface area contributed by atoms with Crippen LogP contribution in [0.2, 0.25) is 5.02 Å². The fourth-order valence-corrected chi connectivity index (χ4v) is 4.52. The van der Waals surface area contributed by atoms with E-state index in [1.165, 1.54) is 17.5 Å². The minimum absolute atomic E-state index is 0. The van der Waals surface area contributed by atoms with Crippen LogP contribution >= 0.6 is 24.0 Å². The first-order valence-corrected chi connectivity index (χ1v) is 8.86. The highest BCUT2D eigenvalue weighted by molar-refractivity contribution is 6.31. The van der Waals surface area contributed by atoms with Crippen molar-refractivity contribution < 1.29 is 9.15 Å². The lowest BCUT2D eigenvalue weighted by molar-refractivity contribution is 0.269. The average molecular weight is 384 g/mol. The van der Waals surface area contributed by atoms with E-state index in [1.54, 1.807) is 6.07 Å². The van der Waals surface area contributed by atoms with Crippen molar-refractivity contribution in [1.82, 2.24) is 15.1 Å². The molecule has 6 nitrogen and oxygen atoms in total. The van der Waals surface area contributed by atoms with E-state index in [2.05, 4.69) is 10.4 Å². The summed E-state index contributed by atoms with van der Waals surface area (Å²) in [5.41, 5.74) is 1.71. The third-order valence-corrected chi connectivity index (χ3v) is 5.56. The first-order chi connectivity index (χ1) is 11.7. The largest absolute Gasteiger partial charge is 0.492 e. The molecule has 3 aliphatic rings. The molecule has 25 heavy (non-hydrogen) atoms. The van der Waals surface area contributed by atoms with Crippen LogP contribution in [-0.2, 0) is 6.42 Å². The van der Waals surface area contributed by atoms with Crippen molar-refractivity contribution in [3.8, 4) is 17.2 Å². The van der Waals surface area contributed by atoms with Gasteiger partial charge in [0, 0.05) is 23.5 Å². The Morgan fingerprint density at radius 2 is 2.00 bits per heavy atom. The van der Waals surface area contributed by atoms with Gasteiger partial charge in [-0.1, -0.05) is 11.6 Å². The minimum atomic E-state index is -0.400. The molecular weight excluding hydrogens is 365 g/mol. The topological polar surface area (TPSA) is 69.3 Å². The molecule has 0 aliphatic carbocycles. The summed E-state index contributed by atoms with van der Waals surface area (Å²) in [6.45, 7) is 0.616. The van der Waals surface area contributed by atoms with Gasteiger partial charge < -0.3 is 14.5 Å². The number of halogens is 2. The molecule has 1 N–H and O–H groups in total. The Bertz CT molecular complexity index is 851. The number of aromatic nitrogens is 2. The van der Waals surface area contributed by atoms with Gasteiger partial charge in [0.2, 0.25) is 0 Å². The van der Waals surface area contributed by atoms with Crippen LogP contribution in [0.25, 0.3) is 11.5 Å². The predicted octanol–water partition coefficient (Wildman–Crippen LogP) is 2.97. The summed E-state index contributed by atoms with van der Waals surface area (Å²) in [6, 6.07) is 4.72. The molecule has 0 saturated carbocycles. The maximum Gasteiger partial charge on any atom is 0.437 e. The predicted molar refractivity (Wildman–Crippen MR) is 95.9 cm³/mol. The van der Waals surface area contributed by atoms with E-state index in [1.807, 2.05) is 6.07 Å². The first kappa shape index (κ1) is 16.9. The monoisotopic (exact) mass is 383 g/mol. The molecule has 134 valence electrons. The summed E-state index contributed by atoms with van der Waals surface area (Å²) in [7, 11) is 0. The van der Waals surface area contributed by atoms with Crippen LogP contribution in [-0.4, -0.2) is 28.5 Å². The molecule has 3 aliphatic heterocycles. The van der Waals surface area contributed by atoms with E-state index < -0.39 is 5.76 Å². The molecule has 2 bridgehead atoms. The summed E-state index contributed by atoms with van der Waals surface area (Å²) in [5.74, 6) is 0.632. The van der Waals surface area contributed by atoms with Crippen LogP contribution in [0.1, 0.15) is 37.3 Å². The molecule has 2 aromatic rings. The molecule has 2 unspecified atom stereocenters. The van der Waals surface area contributed by atoms with Gasteiger partial charge in [-0.2, -0.15) is 4.68 Å². The number of rotatable bonds is 2. The van der Waals surface area contributed by atoms with Crippen molar-refractivity contribution in [2.24, 2.45) is 0 Å². The Morgan fingerprint density at radius 1 is 1.24 bits per heavy atom. The minimum Gasteiger partial charge on any atom is -0.492 e. The lowest BCUT2D eigenvalue weighted by Gasteiger charge is -2.28. The summed E-state index contributed by atoms with van der Waals surface area (Å²) in [6.07, 6.45) is 5.01. The van der Waals surface area contributed by atoms with Crippen LogP contribution in [0.4, 0.5) is 0 Å². The van der Waals surface area contributed by atoms with E-state index in [9.17, 15) is 4.79 Å². The Hall–Kier alpha value is -1.50. The van der Waals surface area contributed by atoms with E-state index in [0.29, 0.717) is 35.2 Å². The molecule has 1 aromatic carbocycles. The first-order valence-electron chi connectivity index (χ1n) is 8.48. The molecule has 0 spiro atoms. The zero-order chi connectivity index (χ0) is 16.3. The Morgan fingerprint density at radius 3 is 2.76 bits per heavy atom. The molecule has 8 heteroatoms. The lowest BCUT2D eigenvalue weighted by Crippen LogP contribution is -2.41. The average Bonchev–Trinajstić information content (AvgIpc) is 3.25. The van der Waals surface area contributed by atoms with Crippen LogP contribution in [0.5, 0.6) is 5.75 Å². The molecule has 0 amide bonds. The van der Waals surface area contributed by atoms with Crippen molar-refractivity contribution in [2.45, 2.75) is 50.2 Å². The Kier molecular flexibility index (Phi) is 4.30. The number of ether oxygens (including phenoxy) is 1. The maximum absolute atomic E-state index is 12.4. The summed E-state index contributed by atoms with van der Waals surface area (Å²) in [4.78, 5) is 12.4. The highest BCUT2D eigenvalue weighted by Crippen LogP contribution is 2.39. The Balaban J connectivity index is 0.00000157. The van der Waals surface area contributed by atoms with Gasteiger partial charge in [0.1, 0.15) is 5.75 Å². The van der Waals surface area contributed by atoms with Crippen molar-refractivity contribution >= 4 is 24.0 Å². The van der Waals surface area contributed by atoms with Gasteiger partial charge in [-0.25, -0.2) is 4.79 Å². The van der Waals surface area contributed by atoms with Crippen molar-refractivity contribution in [3.63, 3.8) is 0 Å². The van der Waals surface area contributed by atoms with Crippen LogP contribution in [0.15, 0.2) is 21.3 Å². The summed E-state index contributed by atoms with van der Waals surface area (Å²) >= 11 is 6.20. The second-order valence-corrected chi connectivity index (χ2v) is 7.36. The zero-order valence-corrected chi connectivity index (χ0v) is 15.1. The molecule has 2 atom stereocenters. The van der Waals surface area contributed by atoms with Gasteiger partial charge in [0.05, 0.1) is 18.2 Å². The Labute approximate surface area is 155 Å². The third kappa shape index (κ3) is 2.86. The highest BCUT2D eigenvalue weighted by atomic mass is 35.5. The smallest absolute Gasteiger partial charge is 0.437 e. The van der Waals surface area contributed by atoms with Gasteiger partial charge in [-0.15, -0.1) is 17.5 Å². The molecule has 4 heterocycles. The summed E-state index contributed by atoms with van der Waals surface area (Å²) in [5, 5.41) is 8.67. The fourth-order valence-electron chi connectivity index (χ4n) is 4.28. The molecule has 1 aromatic heterocycles. The van der Waals surface area contributed by atoms with E-state index >= 15 is 0 Å². The third-order valence-electron chi connectivity index (χ3n) is 5.34. The van der Waals surface area contributed by atoms with Crippen molar-refractivity contribution in [2.75, 3.05) is 6.61 Å². The number of hydrogen-bond donors (Lipinski definition) is 1. The number of benzene rings is 1. The standard InChI is InChI=1S/C17H18ClN3O3.ClH/c18-10-5-9-3-4-23-15(9)14(6-10)16-20-21(17(22)24-16)13-7-11-1-2-12(8-13)19-11;/h5-6,11-13,19H,1-4,7-8H2;1H. The van der Waals surface area contributed by atoms with Crippen LogP contribution < -0.4 is 15.8 Å². The molecule has 2 fully saturated rings. The highest BCUT2D eigenvalue weighted by Gasteiger charge is 2.36. The number of piperidine rings is 1. The SMILES string of the molecule is Cl.O=c1oc(-c2cc(Cl)cc3c2OCC3)nn1C1CC2CCC(C1)N2. The van der Waals surface area contributed by atoms with E-state index in [-0.39, 0.29) is 18.4 Å². The number of fused-ring (bicyclic) bond motifs is 3. The quantitative estimate of drug-likeness (QED) is 0.862. The van der Waals surface area contributed by atoms with Crippen LogP contribution in [0.3, 0.4) is 0 Å². The zero-order valence-electron chi connectivity index (χ0n) is 13.5. The molecular formula is C17H19Cl2N3O3. The van der Waals surface area contributed by atoms with Crippen molar-refractivity contribution in [3.05, 3.63) is 33.3 Å². The summed E-state index contributed by atoms with van der Waals surface area (Å²) < 4.78 is 12.7. The second kappa shape index (κ2) is 6.34. The van der Waals surface area contributed by atoms with Gasteiger partial charge in [-0.3, -0.25) is 0 Å². The van der Waals surface area contributed by atoms with Gasteiger partial charge in [-0.05, 0) is 43.4 Å². The number of nitrogens with one attached hydrogen (secondary N) is 1. The number of nitrogens with zero attached hydrogens (tertiary/aromatic N) is 2.